The van der Waals surface area contributed by atoms with Crippen LogP contribution in [-0.4, -0.2) is 35.3 Å². The molecule has 4 amide bonds. The molecule has 2 aliphatic carbocycles. The highest BCUT2D eigenvalue weighted by Crippen LogP contribution is 2.49. The number of rotatable bonds is 5. The Labute approximate surface area is 182 Å². The van der Waals surface area contributed by atoms with Crippen molar-refractivity contribution < 1.29 is 14.4 Å². The first-order valence-electron chi connectivity index (χ1n) is 11.3. The van der Waals surface area contributed by atoms with Crippen molar-refractivity contribution in [2.75, 3.05) is 6.54 Å². The quantitative estimate of drug-likeness (QED) is 0.728. The van der Waals surface area contributed by atoms with Crippen molar-refractivity contribution in [1.82, 2.24) is 15.5 Å². The van der Waals surface area contributed by atoms with Crippen molar-refractivity contribution in [3.8, 4) is 0 Å². The molecule has 1 aliphatic heterocycles. The van der Waals surface area contributed by atoms with Crippen LogP contribution in [0.5, 0.6) is 0 Å². The zero-order valence-electron chi connectivity index (χ0n) is 18.1. The molecule has 3 aliphatic rings. The molecular formula is C25H29N3O3. The summed E-state index contributed by atoms with van der Waals surface area (Å²) in [6.07, 6.45) is 5.03. The number of amides is 4. The topological polar surface area (TPSA) is 78.5 Å². The molecule has 2 aromatic carbocycles. The molecule has 0 unspecified atom stereocenters. The van der Waals surface area contributed by atoms with Gasteiger partial charge in [-0.1, -0.05) is 42.8 Å². The molecule has 5 rings (SSSR count). The molecule has 2 N–H and O–H groups in total. The van der Waals surface area contributed by atoms with E-state index in [0.29, 0.717) is 17.4 Å². The lowest BCUT2D eigenvalue weighted by Gasteiger charge is -2.29. The Morgan fingerprint density at radius 1 is 1.16 bits per heavy atom. The van der Waals surface area contributed by atoms with E-state index in [1.54, 1.807) is 6.92 Å². The van der Waals surface area contributed by atoms with E-state index in [9.17, 15) is 14.4 Å². The number of fused-ring (bicyclic) bond motifs is 3. The van der Waals surface area contributed by atoms with Crippen LogP contribution in [0.2, 0.25) is 0 Å². The Bertz CT molecular complexity index is 1070. The number of carbonyl (C=O) groups is 3. The predicted octanol–water partition coefficient (Wildman–Crippen LogP) is 3.55. The first-order valence-corrected chi connectivity index (χ1v) is 11.3. The normalized spacial score (nSPS) is 30.6. The first kappa shape index (κ1) is 20.0. The molecule has 2 bridgehead atoms. The average molecular weight is 420 g/mol. The molecule has 5 atom stereocenters. The van der Waals surface area contributed by atoms with Crippen LogP contribution in [-0.2, 0) is 15.1 Å². The van der Waals surface area contributed by atoms with Crippen LogP contribution in [0.1, 0.15) is 45.1 Å². The monoisotopic (exact) mass is 419 g/mol. The van der Waals surface area contributed by atoms with Gasteiger partial charge in [0.15, 0.2) is 0 Å². The molecule has 2 aromatic rings. The zero-order valence-corrected chi connectivity index (χ0v) is 18.1. The van der Waals surface area contributed by atoms with Crippen LogP contribution >= 0.6 is 0 Å². The Morgan fingerprint density at radius 2 is 1.94 bits per heavy atom. The third kappa shape index (κ3) is 3.38. The fraction of sp³-hybridized carbons (Fsp3) is 0.480. The van der Waals surface area contributed by atoms with Gasteiger partial charge in [0.1, 0.15) is 12.1 Å². The maximum absolute atomic E-state index is 13.2. The van der Waals surface area contributed by atoms with E-state index in [2.05, 4.69) is 10.6 Å². The van der Waals surface area contributed by atoms with E-state index in [1.165, 1.54) is 25.7 Å². The highest BCUT2D eigenvalue weighted by Gasteiger charge is 2.50. The minimum Gasteiger partial charge on any atom is -0.352 e. The third-order valence-electron chi connectivity index (χ3n) is 7.73. The number of carbonyl (C=O) groups excluding carboxylic acids is 3. The molecule has 6 nitrogen and oxygen atoms in total. The van der Waals surface area contributed by atoms with E-state index < -0.39 is 17.5 Å². The SMILES string of the molecule is C[C@@H](NC(=O)CN1C(=O)N[C@](C)(c2ccc3ccccc3c2)C1=O)[C@H]1C[C@@H]2CC[C@@H]1C2. The third-order valence-corrected chi connectivity index (χ3v) is 7.73. The number of imide groups is 1. The number of urea groups is 1. The van der Waals surface area contributed by atoms with Gasteiger partial charge in [0.2, 0.25) is 5.91 Å². The van der Waals surface area contributed by atoms with Crippen molar-refractivity contribution in [1.29, 1.82) is 0 Å². The number of hydrogen-bond donors (Lipinski definition) is 2. The van der Waals surface area contributed by atoms with Gasteiger partial charge < -0.3 is 10.6 Å². The molecule has 0 spiro atoms. The van der Waals surface area contributed by atoms with E-state index in [1.807, 2.05) is 49.4 Å². The second-order valence-electron chi connectivity index (χ2n) is 9.70. The summed E-state index contributed by atoms with van der Waals surface area (Å²) < 4.78 is 0. The summed E-state index contributed by atoms with van der Waals surface area (Å²) in [6.45, 7) is 3.50. The molecule has 0 aromatic heterocycles. The second-order valence-corrected chi connectivity index (χ2v) is 9.70. The molecule has 6 heteroatoms. The Kier molecular flexibility index (Phi) is 4.76. The Morgan fingerprint density at radius 3 is 2.65 bits per heavy atom. The minimum atomic E-state index is -1.18. The van der Waals surface area contributed by atoms with Gasteiger partial charge in [-0.2, -0.15) is 0 Å². The van der Waals surface area contributed by atoms with Crippen molar-refractivity contribution in [2.24, 2.45) is 17.8 Å². The van der Waals surface area contributed by atoms with Crippen molar-refractivity contribution in [3.63, 3.8) is 0 Å². The molecule has 1 heterocycles. The van der Waals surface area contributed by atoms with E-state index in [0.717, 1.165) is 21.6 Å². The van der Waals surface area contributed by atoms with Gasteiger partial charge in [-0.3, -0.25) is 14.5 Å². The van der Waals surface area contributed by atoms with Gasteiger partial charge in [0, 0.05) is 6.04 Å². The fourth-order valence-corrected chi connectivity index (χ4v) is 5.99. The van der Waals surface area contributed by atoms with Gasteiger partial charge in [-0.15, -0.1) is 0 Å². The molecule has 2 saturated carbocycles. The summed E-state index contributed by atoms with van der Waals surface area (Å²) in [5, 5.41) is 7.92. The van der Waals surface area contributed by atoms with E-state index >= 15 is 0 Å². The van der Waals surface area contributed by atoms with Gasteiger partial charge >= 0.3 is 6.03 Å². The van der Waals surface area contributed by atoms with Crippen molar-refractivity contribution >= 4 is 28.6 Å². The predicted molar refractivity (Wildman–Crippen MR) is 118 cm³/mol. The zero-order chi connectivity index (χ0) is 21.8. The van der Waals surface area contributed by atoms with Crippen LogP contribution < -0.4 is 10.6 Å². The molecule has 1 saturated heterocycles. The Hall–Kier alpha value is -2.89. The summed E-state index contributed by atoms with van der Waals surface area (Å²) in [6, 6.07) is 13.2. The molecule has 31 heavy (non-hydrogen) atoms. The Balaban J connectivity index is 1.28. The number of hydrogen-bond acceptors (Lipinski definition) is 3. The summed E-state index contributed by atoms with van der Waals surface area (Å²) >= 11 is 0. The second kappa shape index (κ2) is 7.36. The van der Waals surface area contributed by atoms with E-state index in [4.69, 9.17) is 0 Å². The fourth-order valence-electron chi connectivity index (χ4n) is 5.99. The number of nitrogens with zero attached hydrogens (tertiary/aromatic N) is 1. The first-order chi connectivity index (χ1) is 14.8. The summed E-state index contributed by atoms with van der Waals surface area (Å²) in [4.78, 5) is 39.6. The lowest BCUT2D eigenvalue weighted by Crippen LogP contribution is -2.47. The molecule has 0 radical (unpaired) electrons. The smallest absolute Gasteiger partial charge is 0.325 e. The lowest BCUT2D eigenvalue weighted by atomic mass is 9.84. The van der Waals surface area contributed by atoms with Crippen molar-refractivity contribution in [3.05, 3.63) is 48.0 Å². The van der Waals surface area contributed by atoms with Gasteiger partial charge in [-0.25, -0.2) is 4.79 Å². The summed E-state index contributed by atoms with van der Waals surface area (Å²) in [5.41, 5.74) is -0.472. The highest BCUT2D eigenvalue weighted by molar-refractivity contribution is 6.09. The maximum atomic E-state index is 13.2. The van der Waals surface area contributed by atoms with Crippen LogP contribution in [0.4, 0.5) is 4.79 Å². The van der Waals surface area contributed by atoms with Crippen LogP contribution in [0.3, 0.4) is 0 Å². The standard InChI is InChI=1S/C25H29N3O3/c1-15(21-12-16-7-8-19(21)11-16)26-22(29)14-28-23(30)25(2,27-24(28)31)20-10-9-17-5-3-4-6-18(17)13-20/h3-6,9-10,13,15-16,19,21H,7-8,11-12,14H2,1-2H3,(H,26,29)(H,27,31)/t15-,16-,19-,21-,25-/m1/s1. The summed E-state index contributed by atoms with van der Waals surface area (Å²) in [5.74, 6) is 1.35. The van der Waals surface area contributed by atoms with Crippen LogP contribution in [0, 0.1) is 17.8 Å². The van der Waals surface area contributed by atoms with Crippen LogP contribution in [0.15, 0.2) is 42.5 Å². The highest BCUT2D eigenvalue weighted by atomic mass is 16.2. The summed E-state index contributed by atoms with van der Waals surface area (Å²) in [7, 11) is 0. The lowest BCUT2D eigenvalue weighted by molar-refractivity contribution is -0.135. The van der Waals surface area contributed by atoms with Crippen molar-refractivity contribution in [2.45, 2.75) is 51.1 Å². The molecule has 162 valence electrons. The van der Waals surface area contributed by atoms with Gasteiger partial charge in [0.25, 0.3) is 5.91 Å². The number of benzene rings is 2. The maximum Gasteiger partial charge on any atom is 0.325 e. The van der Waals surface area contributed by atoms with Crippen LogP contribution in [0.25, 0.3) is 10.8 Å². The minimum absolute atomic E-state index is 0.0652. The van der Waals surface area contributed by atoms with E-state index in [-0.39, 0.29) is 18.5 Å². The average Bonchev–Trinajstić information content (AvgIpc) is 3.45. The molecular weight excluding hydrogens is 390 g/mol. The van der Waals surface area contributed by atoms with Gasteiger partial charge in [-0.05, 0) is 73.3 Å². The largest absolute Gasteiger partial charge is 0.352 e. The van der Waals surface area contributed by atoms with Gasteiger partial charge in [0.05, 0.1) is 0 Å². The molecule has 3 fully saturated rings. The number of nitrogens with one attached hydrogen (secondary N) is 2.